The normalized spacial score (nSPS) is 21.5. The van der Waals surface area contributed by atoms with Gasteiger partial charge in [0, 0.05) is 30.9 Å². The van der Waals surface area contributed by atoms with Gasteiger partial charge in [-0.2, -0.15) is 4.99 Å². The summed E-state index contributed by atoms with van der Waals surface area (Å²) >= 11 is 0. The summed E-state index contributed by atoms with van der Waals surface area (Å²) in [6.45, 7) is 7.81. The molecule has 1 aliphatic heterocycles. The van der Waals surface area contributed by atoms with E-state index in [0.29, 0.717) is 12.1 Å². The lowest BCUT2D eigenvalue weighted by Gasteiger charge is -2.36. The summed E-state index contributed by atoms with van der Waals surface area (Å²) in [6.07, 6.45) is 8.69. The highest BCUT2D eigenvalue weighted by Crippen LogP contribution is 2.26. The first-order valence-electron chi connectivity index (χ1n) is 10.5. The molecule has 1 aliphatic carbocycles. The highest BCUT2D eigenvalue weighted by atomic mass is 16.3. The van der Waals surface area contributed by atoms with Crippen LogP contribution in [-0.2, 0) is 0 Å². The summed E-state index contributed by atoms with van der Waals surface area (Å²) in [6, 6.07) is 3.36. The Morgan fingerprint density at radius 3 is 2.44 bits per heavy atom. The summed E-state index contributed by atoms with van der Waals surface area (Å²) < 4.78 is 0. The number of aromatic nitrogens is 1. The summed E-state index contributed by atoms with van der Waals surface area (Å²) in [5, 5.41) is 12.3. The van der Waals surface area contributed by atoms with Crippen molar-refractivity contribution in [3.05, 3.63) is 22.9 Å². The van der Waals surface area contributed by atoms with Crippen LogP contribution in [0.1, 0.15) is 68.7 Å². The number of hydrogen-bond acceptors (Lipinski definition) is 5. The van der Waals surface area contributed by atoms with Gasteiger partial charge in [0.1, 0.15) is 17.5 Å². The molecule has 1 aromatic rings. The predicted molar refractivity (Wildman–Crippen MR) is 113 cm³/mol. The van der Waals surface area contributed by atoms with Gasteiger partial charge in [0.2, 0.25) is 0 Å². The van der Waals surface area contributed by atoms with E-state index in [9.17, 15) is 0 Å². The molecule has 1 aromatic heterocycles. The van der Waals surface area contributed by atoms with Crippen LogP contribution in [0, 0.1) is 13.8 Å². The topological polar surface area (TPSA) is 89.4 Å². The van der Waals surface area contributed by atoms with Crippen molar-refractivity contribution in [2.24, 2.45) is 10.7 Å². The Bertz CT molecular complexity index is 659. The smallest absolute Gasteiger partial charge is 0.365 e. The fourth-order valence-corrected chi connectivity index (χ4v) is 4.24. The van der Waals surface area contributed by atoms with Gasteiger partial charge in [0.25, 0.3) is 0 Å². The standard InChI is InChI=1S/C21H35N5O/c1-14-13-19(21(27)24-16(3)22)20(23-15(14)2)26-11-9-18(10-12-26)25-17-7-5-4-6-8-17/h13,16-18,25H,4-12,22H2,1-3H3,(H,24,27)/p+1. The van der Waals surface area contributed by atoms with E-state index in [4.69, 9.17) is 15.8 Å². The minimum absolute atomic E-state index is 0.234. The van der Waals surface area contributed by atoms with Gasteiger partial charge in [0.15, 0.2) is 0 Å². The average molecular weight is 375 g/mol. The van der Waals surface area contributed by atoms with Crippen LogP contribution < -0.4 is 16.0 Å². The van der Waals surface area contributed by atoms with E-state index in [1.807, 2.05) is 19.9 Å². The largest absolute Gasteiger partial charge is 0.578 e. The molecule has 3 rings (SSSR count). The Labute approximate surface area is 163 Å². The predicted octanol–water partition coefficient (Wildman–Crippen LogP) is 2.37. The van der Waals surface area contributed by atoms with Crippen molar-refractivity contribution in [2.45, 2.75) is 84.0 Å². The van der Waals surface area contributed by atoms with Gasteiger partial charge >= 0.3 is 5.90 Å². The molecule has 0 bridgehead atoms. The fourth-order valence-electron chi connectivity index (χ4n) is 4.24. The lowest BCUT2D eigenvalue weighted by atomic mass is 9.93. The van der Waals surface area contributed by atoms with Crippen molar-refractivity contribution >= 4 is 11.7 Å². The molecule has 1 saturated heterocycles. The highest BCUT2D eigenvalue weighted by molar-refractivity contribution is 5.97. The molecular formula is C21H36N5O+. The Balaban J connectivity index is 1.70. The van der Waals surface area contributed by atoms with Gasteiger partial charge in [-0.3, -0.25) is 0 Å². The number of nitrogens with one attached hydrogen (secondary N) is 1. The maximum atomic E-state index is 8.37. The molecule has 150 valence electrons. The first-order valence-corrected chi connectivity index (χ1v) is 10.5. The minimum Gasteiger partial charge on any atom is -0.578 e. The fraction of sp³-hybridized carbons (Fsp3) is 0.714. The Hall–Kier alpha value is -1.66. The van der Waals surface area contributed by atoms with Crippen LogP contribution in [0.3, 0.4) is 0 Å². The molecule has 2 heterocycles. The Morgan fingerprint density at radius 1 is 1.19 bits per heavy atom. The van der Waals surface area contributed by atoms with Gasteiger partial charge in [0.05, 0.1) is 0 Å². The van der Waals surface area contributed by atoms with E-state index in [2.05, 4.69) is 15.2 Å². The van der Waals surface area contributed by atoms with Crippen molar-refractivity contribution in [2.75, 3.05) is 18.0 Å². The van der Waals surface area contributed by atoms with E-state index < -0.39 is 0 Å². The highest BCUT2D eigenvalue weighted by Gasteiger charge is 2.27. The molecule has 6 heteroatoms. The monoisotopic (exact) mass is 374 g/mol. The van der Waals surface area contributed by atoms with Crippen molar-refractivity contribution in [1.29, 1.82) is 0 Å². The van der Waals surface area contributed by atoms with Crippen molar-refractivity contribution in [1.82, 2.24) is 10.3 Å². The molecule has 1 unspecified atom stereocenters. The number of hydrogen-bond donors (Lipinski definition) is 2. The molecule has 0 aromatic carbocycles. The maximum Gasteiger partial charge on any atom is 0.365 e. The number of aryl methyl sites for hydroxylation is 2. The molecule has 27 heavy (non-hydrogen) atoms. The third-order valence-electron chi connectivity index (χ3n) is 5.90. The third kappa shape index (κ3) is 5.20. The lowest BCUT2D eigenvalue weighted by molar-refractivity contribution is 0.307. The summed E-state index contributed by atoms with van der Waals surface area (Å²) in [4.78, 5) is 11.4. The van der Waals surface area contributed by atoms with Crippen molar-refractivity contribution in [3.63, 3.8) is 0 Å². The first kappa shape index (κ1) is 20.1. The van der Waals surface area contributed by atoms with Gasteiger partial charge in [-0.05, 0) is 58.1 Å². The first-order chi connectivity index (χ1) is 12.9. The molecule has 0 amide bonds. The van der Waals surface area contributed by atoms with Gasteiger partial charge in [-0.15, -0.1) is 0 Å². The second kappa shape index (κ2) is 9.02. The molecular weight excluding hydrogens is 338 g/mol. The van der Waals surface area contributed by atoms with Crippen LogP contribution in [0.15, 0.2) is 11.1 Å². The van der Waals surface area contributed by atoms with Crippen LogP contribution in [0.4, 0.5) is 5.82 Å². The number of nitrogens with zero attached hydrogens (tertiary/aromatic N) is 3. The second-order valence-electron chi connectivity index (χ2n) is 8.24. The number of nitrogens with two attached hydrogens (primary N) is 1. The van der Waals surface area contributed by atoms with E-state index in [0.717, 1.165) is 48.6 Å². The number of rotatable bonds is 5. The molecule has 2 fully saturated rings. The summed E-state index contributed by atoms with van der Waals surface area (Å²) in [5.74, 6) is 1.13. The van der Waals surface area contributed by atoms with Crippen LogP contribution >= 0.6 is 0 Å². The van der Waals surface area contributed by atoms with Gasteiger partial charge < -0.3 is 21.1 Å². The quantitative estimate of drug-likeness (QED) is 0.470. The van der Waals surface area contributed by atoms with Crippen LogP contribution in [0.5, 0.6) is 0 Å². The lowest BCUT2D eigenvalue weighted by Crippen LogP contribution is -2.47. The second-order valence-corrected chi connectivity index (χ2v) is 8.24. The zero-order chi connectivity index (χ0) is 19.4. The average Bonchev–Trinajstić information content (AvgIpc) is 2.64. The number of aliphatic imine (C=N–C) groups is 1. The third-order valence-corrected chi connectivity index (χ3v) is 5.90. The molecule has 0 radical (unpaired) electrons. The SMILES string of the molecule is Cc1cc(C([OH2+])=NC(C)N)c(N2CCC(NC3CCCCC3)CC2)nc1C. The van der Waals surface area contributed by atoms with Crippen LogP contribution in [0.2, 0.25) is 0 Å². The zero-order valence-electron chi connectivity index (χ0n) is 17.1. The summed E-state index contributed by atoms with van der Waals surface area (Å²) in [5.41, 5.74) is 8.69. The van der Waals surface area contributed by atoms with E-state index >= 15 is 0 Å². The van der Waals surface area contributed by atoms with Crippen molar-refractivity contribution in [3.8, 4) is 0 Å². The van der Waals surface area contributed by atoms with E-state index in [-0.39, 0.29) is 12.1 Å². The zero-order valence-corrected chi connectivity index (χ0v) is 17.1. The molecule has 5 N–H and O–H groups in total. The Morgan fingerprint density at radius 2 is 1.81 bits per heavy atom. The molecule has 6 nitrogen and oxygen atoms in total. The number of anilines is 1. The molecule has 2 aliphatic rings. The molecule has 1 atom stereocenters. The van der Waals surface area contributed by atoms with E-state index in [1.54, 1.807) is 6.92 Å². The number of piperidine rings is 1. The van der Waals surface area contributed by atoms with Crippen LogP contribution in [0.25, 0.3) is 0 Å². The number of pyridine rings is 1. The molecule has 1 saturated carbocycles. The van der Waals surface area contributed by atoms with E-state index in [1.165, 1.54) is 32.1 Å². The maximum absolute atomic E-state index is 8.37. The molecule has 0 spiro atoms. The minimum atomic E-state index is -0.377. The van der Waals surface area contributed by atoms with Crippen LogP contribution in [-0.4, -0.2) is 47.3 Å². The van der Waals surface area contributed by atoms with Gasteiger partial charge in [-0.25, -0.2) is 4.98 Å². The summed E-state index contributed by atoms with van der Waals surface area (Å²) in [7, 11) is 0. The Kier molecular flexibility index (Phi) is 6.71. The van der Waals surface area contributed by atoms with Gasteiger partial charge in [-0.1, -0.05) is 19.3 Å². The van der Waals surface area contributed by atoms with Crippen molar-refractivity contribution < 1.29 is 5.11 Å².